The van der Waals surface area contributed by atoms with Crippen LogP contribution >= 0.6 is 11.3 Å². The largest absolute Gasteiger partial charge is 0.389 e. The zero-order valence-electron chi connectivity index (χ0n) is 18.6. The SMILES string of the molecule is Cc1nc2ccc(-n3ncnc3[C@@H]3O[C@@H]4COC(c5ccccc5)O[C@@H]4C(N=[N+]=[N-])[C@H]3O)cc2s1. The van der Waals surface area contributed by atoms with Crippen LogP contribution in [0.3, 0.4) is 0 Å². The van der Waals surface area contributed by atoms with E-state index in [0.717, 1.165) is 26.5 Å². The summed E-state index contributed by atoms with van der Waals surface area (Å²) in [6.07, 6.45) is -2.63. The van der Waals surface area contributed by atoms with E-state index in [2.05, 4.69) is 25.1 Å². The highest BCUT2D eigenvalue weighted by molar-refractivity contribution is 7.18. The minimum Gasteiger partial charge on any atom is -0.389 e. The maximum atomic E-state index is 11.3. The van der Waals surface area contributed by atoms with E-state index in [9.17, 15) is 10.6 Å². The number of ether oxygens (including phenoxy) is 3. The van der Waals surface area contributed by atoms with Crippen LogP contribution in [0, 0.1) is 6.92 Å². The molecule has 2 aromatic carbocycles. The molecule has 178 valence electrons. The van der Waals surface area contributed by atoms with Crippen molar-refractivity contribution in [2.75, 3.05) is 6.61 Å². The zero-order chi connectivity index (χ0) is 23.9. The number of aliphatic hydroxyl groups is 1. The molecule has 12 heteroatoms. The molecule has 0 aliphatic carbocycles. The standard InChI is InChI=1S/C23H21N7O4S/c1-12-27-15-8-7-14(9-17(15)35-12)30-22(25-11-26-30)21-19(31)18(28-29-24)20-16(33-21)10-32-23(34-20)13-5-3-2-4-6-13/h2-9,11,16,18-21,23,31H,10H2,1H3/t16-,18?,19-,20+,21-,23?/m1/s1. The summed E-state index contributed by atoms with van der Waals surface area (Å²) < 4.78 is 20.9. The predicted octanol–water partition coefficient (Wildman–Crippen LogP) is 3.78. The highest BCUT2D eigenvalue weighted by Crippen LogP contribution is 2.40. The molecule has 0 saturated carbocycles. The lowest BCUT2D eigenvalue weighted by Crippen LogP contribution is -2.58. The summed E-state index contributed by atoms with van der Waals surface area (Å²) in [5.74, 6) is 0.389. The van der Waals surface area contributed by atoms with Crippen LogP contribution in [0.25, 0.3) is 26.3 Å². The summed E-state index contributed by atoms with van der Waals surface area (Å²) in [7, 11) is 0. The summed E-state index contributed by atoms with van der Waals surface area (Å²) in [6, 6.07) is 14.3. The van der Waals surface area contributed by atoms with Crippen LogP contribution in [0.15, 0.2) is 60.0 Å². The van der Waals surface area contributed by atoms with Gasteiger partial charge in [-0.1, -0.05) is 35.4 Å². The molecule has 2 aliphatic heterocycles. The molecule has 6 rings (SSSR count). The number of thiazole rings is 1. The van der Waals surface area contributed by atoms with Gasteiger partial charge in [0.15, 0.2) is 12.1 Å². The second-order valence-corrected chi connectivity index (χ2v) is 9.61. The molecular formula is C23H21N7O4S. The number of nitrogens with zero attached hydrogens (tertiary/aromatic N) is 7. The molecule has 0 bridgehead atoms. The van der Waals surface area contributed by atoms with Gasteiger partial charge in [-0.3, -0.25) is 0 Å². The van der Waals surface area contributed by atoms with Crippen LogP contribution in [-0.2, 0) is 14.2 Å². The number of benzene rings is 2. The van der Waals surface area contributed by atoms with E-state index in [4.69, 9.17) is 14.2 Å². The maximum absolute atomic E-state index is 11.3. The minimum absolute atomic E-state index is 0.200. The Balaban J connectivity index is 1.32. The first-order chi connectivity index (χ1) is 17.1. The normalized spacial score (nSPS) is 28.4. The second-order valence-electron chi connectivity index (χ2n) is 8.37. The van der Waals surface area contributed by atoms with E-state index in [0.29, 0.717) is 5.82 Å². The first-order valence-electron chi connectivity index (χ1n) is 11.1. The monoisotopic (exact) mass is 491 g/mol. The predicted molar refractivity (Wildman–Crippen MR) is 126 cm³/mol. The summed E-state index contributed by atoms with van der Waals surface area (Å²) in [5.41, 5.74) is 11.7. The van der Waals surface area contributed by atoms with Gasteiger partial charge in [0, 0.05) is 10.5 Å². The molecule has 6 atom stereocenters. The maximum Gasteiger partial charge on any atom is 0.184 e. The van der Waals surface area contributed by atoms with Gasteiger partial charge in [0.1, 0.15) is 24.6 Å². The van der Waals surface area contributed by atoms with Crippen molar-refractivity contribution in [3.8, 4) is 5.69 Å². The van der Waals surface area contributed by atoms with Crippen LogP contribution in [0.5, 0.6) is 0 Å². The van der Waals surface area contributed by atoms with Gasteiger partial charge in [-0.15, -0.1) is 11.3 Å². The average Bonchev–Trinajstić information content (AvgIpc) is 3.51. The Morgan fingerprint density at radius 1 is 1.20 bits per heavy atom. The first kappa shape index (κ1) is 22.1. The van der Waals surface area contributed by atoms with Gasteiger partial charge in [0.25, 0.3) is 0 Å². The fraction of sp³-hybridized carbons (Fsp3) is 0.348. The second kappa shape index (κ2) is 9.00. The van der Waals surface area contributed by atoms with Gasteiger partial charge in [-0.2, -0.15) is 5.10 Å². The van der Waals surface area contributed by atoms with E-state index < -0.39 is 36.7 Å². The summed E-state index contributed by atoms with van der Waals surface area (Å²) in [5, 5.41) is 20.5. The van der Waals surface area contributed by atoms with Gasteiger partial charge in [0.2, 0.25) is 0 Å². The smallest absolute Gasteiger partial charge is 0.184 e. The summed E-state index contributed by atoms with van der Waals surface area (Å²) in [4.78, 5) is 11.9. The third-order valence-corrected chi connectivity index (χ3v) is 7.12. The third-order valence-electron chi connectivity index (χ3n) is 6.19. The highest BCUT2D eigenvalue weighted by atomic mass is 32.1. The molecule has 1 N–H and O–H groups in total. The fourth-order valence-electron chi connectivity index (χ4n) is 4.60. The molecule has 2 unspecified atom stereocenters. The summed E-state index contributed by atoms with van der Waals surface area (Å²) >= 11 is 1.58. The van der Waals surface area contributed by atoms with Crippen molar-refractivity contribution in [1.29, 1.82) is 0 Å². The van der Waals surface area contributed by atoms with Crippen molar-refractivity contribution in [2.45, 2.75) is 43.7 Å². The van der Waals surface area contributed by atoms with Crippen molar-refractivity contribution in [3.05, 3.63) is 81.7 Å². The molecule has 35 heavy (non-hydrogen) atoms. The van der Waals surface area contributed by atoms with Crippen LogP contribution in [0.4, 0.5) is 0 Å². The Kier molecular flexibility index (Phi) is 5.69. The Bertz CT molecular complexity index is 1400. The Morgan fingerprint density at radius 2 is 2.06 bits per heavy atom. The average molecular weight is 492 g/mol. The number of hydrogen-bond donors (Lipinski definition) is 1. The zero-order valence-corrected chi connectivity index (χ0v) is 19.4. The van der Waals surface area contributed by atoms with Gasteiger partial charge in [-0.05, 0) is 30.7 Å². The molecule has 4 heterocycles. The first-order valence-corrected chi connectivity index (χ1v) is 11.9. The molecule has 0 spiro atoms. The van der Waals surface area contributed by atoms with Gasteiger partial charge >= 0.3 is 0 Å². The van der Waals surface area contributed by atoms with Crippen LogP contribution in [0.1, 0.15) is 28.8 Å². The van der Waals surface area contributed by atoms with E-state index in [-0.39, 0.29) is 6.61 Å². The highest BCUT2D eigenvalue weighted by Gasteiger charge is 2.50. The number of fused-ring (bicyclic) bond motifs is 2. The molecule has 2 saturated heterocycles. The molecule has 0 amide bonds. The van der Waals surface area contributed by atoms with Crippen molar-refractivity contribution >= 4 is 21.6 Å². The Morgan fingerprint density at radius 3 is 2.89 bits per heavy atom. The van der Waals surface area contributed by atoms with Crippen LogP contribution < -0.4 is 0 Å². The lowest BCUT2D eigenvalue weighted by atomic mass is 9.91. The number of aryl methyl sites for hydroxylation is 1. The van der Waals surface area contributed by atoms with E-state index >= 15 is 0 Å². The van der Waals surface area contributed by atoms with Crippen molar-refractivity contribution < 1.29 is 19.3 Å². The van der Waals surface area contributed by atoms with E-state index in [1.165, 1.54) is 6.33 Å². The number of aliphatic hydroxyl groups excluding tert-OH is 1. The Labute approximate surface area is 203 Å². The molecule has 2 aliphatic rings. The number of rotatable bonds is 4. The Hall–Kier alpha value is -3.38. The van der Waals surface area contributed by atoms with Gasteiger partial charge in [-0.25, -0.2) is 14.6 Å². The molecular weight excluding hydrogens is 470 g/mol. The summed E-state index contributed by atoms with van der Waals surface area (Å²) in [6.45, 7) is 2.16. The number of aromatic nitrogens is 4. The topological polar surface area (TPSA) is 140 Å². The van der Waals surface area contributed by atoms with Gasteiger partial charge in [0.05, 0.1) is 39.7 Å². The molecule has 11 nitrogen and oxygen atoms in total. The van der Waals surface area contributed by atoms with Crippen molar-refractivity contribution in [1.82, 2.24) is 19.7 Å². The molecule has 0 radical (unpaired) electrons. The van der Waals surface area contributed by atoms with Crippen LogP contribution in [0.2, 0.25) is 0 Å². The molecule has 2 fully saturated rings. The molecule has 2 aromatic heterocycles. The van der Waals surface area contributed by atoms with Crippen molar-refractivity contribution in [2.24, 2.45) is 5.11 Å². The molecule has 4 aromatic rings. The quantitative estimate of drug-likeness (QED) is 0.260. The lowest BCUT2D eigenvalue weighted by Gasteiger charge is -2.46. The number of azide groups is 1. The fourth-order valence-corrected chi connectivity index (χ4v) is 5.46. The van der Waals surface area contributed by atoms with Crippen molar-refractivity contribution in [3.63, 3.8) is 0 Å². The van der Waals surface area contributed by atoms with E-state index in [1.54, 1.807) is 16.0 Å². The number of hydrogen-bond acceptors (Lipinski definition) is 9. The third kappa shape index (κ3) is 3.96. The lowest BCUT2D eigenvalue weighted by molar-refractivity contribution is -0.309. The van der Waals surface area contributed by atoms with Crippen LogP contribution in [-0.4, -0.2) is 55.8 Å². The minimum atomic E-state index is -1.21. The van der Waals surface area contributed by atoms with Gasteiger partial charge < -0.3 is 19.3 Å². The van der Waals surface area contributed by atoms with E-state index in [1.807, 2.05) is 55.5 Å².